The Kier molecular flexibility index (Phi) is 18.9. The molecular formula is C14H20Cl2Ti. The topological polar surface area (TPSA) is 0 Å². The van der Waals surface area contributed by atoms with Crippen LogP contribution in [0.25, 0.3) is 0 Å². The summed E-state index contributed by atoms with van der Waals surface area (Å²) in [4.78, 5) is 0. The molecule has 0 fully saturated rings. The summed E-state index contributed by atoms with van der Waals surface area (Å²) in [5.41, 5.74) is 2.72. The van der Waals surface area contributed by atoms with Crippen molar-refractivity contribution >= 4 is 24.8 Å². The number of hydrogen-bond acceptors (Lipinski definition) is 0. The predicted octanol–water partition coefficient (Wildman–Crippen LogP) is 5.01. The zero-order valence-corrected chi connectivity index (χ0v) is 13.6. The van der Waals surface area contributed by atoms with Gasteiger partial charge in [-0.3, -0.25) is 12.2 Å². The van der Waals surface area contributed by atoms with E-state index in [0.29, 0.717) is 0 Å². The van der Waals surface area contributed by atoms with E-state index in [1.54, 1.807) is 0 Å². The first-order valence-corrected chi connectivity index (χ1v) is 5.39. The maximum Gasteiger partial charge on any atom is 2.00 e. The van der Waals surface area contributed by atoms with Gasteiger partial charge in [0.1, 0.15) is 0 Å². The van der Waals surface area contributed by atoms with E-state index in [1.165, 1.54) is 11.1 Å². The largest absolute Gasteiger partial charge is 2.00 e. The molecule has 0 spiro atoms. The second-order valence-electron chi connectivity index (χ2n) is 3.32. The van der Waals surface area contributed by atoms with Crippen LogP contribution in [0.2, 0.25) is 0 Å². The van der Waals surface area contributed by atoms with Crippen molar-refractivity contribution in [2.45, 2.75) is 39.5 Å². The van der Waals surface area contributed by atoms with E-state index >= 15 is 0 Å². The van der Waals surface area contributed by atoms with Gasteiger partial charge in [-0.1, -0.05) is 26.7 Å². The monoisotopic (exact) mass is 306 g/mol. The van der Waals surface area contributed by atoms with E-state index in [4.69, 9.17) is 0 Å². The van der Waals surface area contributed by atoms with Crippen molar-refractivity contribution < 1.29 is 21.7 Å². The average Bonchev–Trinajstić information content (AvgIpc) is 2.92. The van der Waals surface area contributed by atoms with E-state index in [0.717, 1.165) is 25.7 Å². The van der Waals surface area contributed by atoms with Gasteiger partial charge in [0.05, 0.1) is 0 Å². The van der Waals surface area contributed by atoms with Crippen LogP contribution in [0.3, 0.4) is 0 Å². The van der Waals surface area contributed by atoms with Gasteiger partial charge in [-0.2, -0.15) is 12.2 Å². The third-order valence-corrected chi connectivity index (χ3v) is 2.29. The second kappa shape index (κ2) is 14.3. The van der Waals surface area contributed by atoms with E-state index in [2.05, 4.69) is 50.3 Å². The van der Waals surface area contributed by atoms with Crippen LogP contribution in [0.5, 0.6) is 0 Å². The van der Waals surface area contributed by atoms with Gasteiger partial charge in [-0.05, 0) is 0 Å². The fraction of sp³-hybridized carbons (Fsp3) is 0.429. The van der Waals surface area contributed by atoms with E-state index in [1.807, 2.05) is 0 Å². The molecule has 0 aromatic carbocycles. The van der Waals surface area contributed by atoms with Gasteiger partial charge in [0.25, 0.3) is 0 Å². The molecule has 2 aliphatic rings. The summed E-state index contributed by atoms with van der Waals surface area (Å²) < 4.78 is 0. The molecule has 0 nitrogen and oxygen atoms in total. The van der Waals surface area contributed by atoms with Gasteiger partial charge >= 0.3 is 21.7 Å². The summed E-state index contributed by atoms with van der Waals surface area (Å²) in [5, 5.41) is 0. The molecule has 0 heterocycles. The Balaban J connectivity index is -0.000000196. The van der Waals surface area contributed by atoms with Crippen molar-refractivity contribution in [3.05, 3.63) is 47.6 Å². The Morgan fingerprint density at radius 3 is 1.35 bits per heavy atom. The maximum absolute atomic E-state index is 3.21. The van der Waals surface area contributed by atoms with Crippen molar-refractivity contribution in [2.75, 3.05) is 0 Å². The van der Waals surface area contributed by atoms with Gasteiger partial charge in [0, 0.05) is 0 Å². The average molecular weight is 307 g/mol. The minimum atomic E-state index is 0. The third-order valence-electron chi connectivity index (χ3n) is 2.29. The molecule has 94 valence electrons. The summed E-state index contributed by atoms with van der Waals surface area (Å²) in [6.07, 6.45) is 19.3. The zero-order valence-electron chi connectivity index (χ0n) is 10.5. The van der Waals surface area contributed by atoms with Crippen molar-refractivity contribution in [2.24, 2.45) is 0 Å². The predicted molar refractivity (Wildman–Crippen MR) is 76.1 cm³/mol. The first kappa shape index (κ1) is 22.4. The fourth-order valence-corrected chi connectivity index (χ4v) is 1.39. The molecule has 17 heavy (non-hydrogen) atoms. The summed E-state index contributed by atoms with van der Waals surface area (Å²) in [5.74, 6) is 0. The minimum absolute atomic E-state index is 0. The van der Waals surface area contributed by atoms with Crippen molar-refractivity contribution in [1.29, 1.82) is 0 Å². The summed E-state index contributed by atoms with van der Waals surface area (Å²) in [7, 11) is 0. The van der Waals surface area contributed by atoms with Crippen LogP contribution in [-0.4, -0.2) is 0 Å². The minimum Gasteiger partial charge on any atom is -0.270 e. The summed E-state index contributed by atoms with van der Waals surface area (Å²) in [6, 6.07) is 0. The Bertz CT molecular complexity index is 259. The Hall–Kier alpha value is 0.254. The van der Waals surface area contributed by atoms with Crippen LogP contribution in [0.4, 0.5) is 0 Å². The molecule has 2 rings (SSSR count). The maximum atomic E-state index is 3.21. The second-order valence-corrected chi connectivity index (χ2v) is 3.32. The van der Waals surface area contributed by atoms with Crippen LogP contribution in [0, 0.1) is 12.2 Å². The number of allylic oxidation sites excluding steroid dienone is 8. The van der Waals surface area contributed by atoms with Crippen molar-refractivity contribution in [3.8, 4) is 0 Å². The van der Waals surface area contributed by atoms with Gasteiger partial charge < -0.3 is 0 Å². The summed E-state index contributed by atoms with van der Waals surface area (Å²) in [6.45, 7) is 4.30. The molecule has 2 aliphatic carbocycles. The molecule has 0 atom stereocenters. The molecule has 0 unspecified atom stereocenters. The van der Waals surface area contributed by atoms with Gasteiger partial charge in [-0.25, -0.2) is 23.3 Å². The number of rotatable bonds is 2. The van der Waals surface area contributed by atoms with Crippen LogP contribution in [0.15, 0.2) is 35.5 Å². The van der Waals surface area contributed by atoms with Crippen LogP contribution in [-0.2, 0) is 21.7 Å². The molecule has 0 aromatic heterocycles. The Labute approximate surface area is 133 Å². The SMILES string of the molecule is CCC1=[C-]CC=C1.CCC1=[C-]CC=C1.Cl.Cl.[Ti+2]. The number of hydrogen-bond donors (Lipinski definition) is 0. The molecule has 0 aromatic rings. The molecule has 0 amide bonds. The molecular weight excluding hydrogens is 287 g/mol. The van der Waals surface area contributed by atoms with Gasteiger partial charge in [-0.15, -0.1) is 37.7 Å². The van der Waals surface area contributed by atoms with E-state index < -0.39 is 0 Å². The first-order chi connectivity index (χ1) is 6.86. The zero-order chi connectivity index (χ0) is 10.2. The quantitative estimate of drug-likeness (QED) is 0.497. The molecule has 0 saturated heterocycles. The van der Waals surface area contributed by atoms with Gasteiger partial charge in [0.15, 0.2) is 0 Å². The molecule has 3 heteroatoms. The Morgan fingerprint density at radius 2 is 1.24 bits per heavy atom. The smallest absolute Gasteiger partial charge is 0.270 e. The van der Waals surface area contributed by atoms with Crippen LogP contribution < -0.4 is 0 Å². The fourth-order valence-electron chi connectivity index (χ4n) is 1.39. The summed E-state index contributed by atoms with van der Waals surface area (Å²) >= 11 is 0. The standard InChI is InChI=1S/2C7H9.2ClH.Ti/c2*1-2-7-5-3-4-6-7;;;/h2*3,5H,2,4H2,1H3;2*1H;/q2*-1;;;+2. The van der Waals surface area contributed by atoms with Crippen LogP contribution >= 0.6 is 24.8 Å². The molecule has 0 saturated carbocycles. The third kappa shape index (κ3) is 9.91. The number of halogens is 2. The molecule has 0 aliphatic heterocycles. The molecule has 0 bridgehead atoms. The van der Waals surface area contributed by atoms with E-state index in [9.17, 15) is 0 Å². The van der Waals surface area contributed by atoms with Crippen LogP contribution in [0.1, 0.15) is 39.5 Å². The van der Waals surface area contributed by atoms with Crippen molar-refractivity contribution in [3.63, 3.8) is 0 Å². The van der Waals surface area contributed by atoms with E-state index in [-0.39, 0.29) is 46.5 Å². The van der Waals surface area contributed by atoms with Gasteiger partial charge in [0.2, 0.25) is 0 Å². The molecule has 0 N–H and O–H groups in total. The Morgan fingerprint density at radius 1 is 0.882 bits per heavy atom. The first-order valence-electron chi connectivity index (χ1n) is 5.39. The normalized spacial score (nSPS) is 14.5. The molecule has 0 radical (unpaired) electrons. The van der Waals surface area contributed by atoms with Crippen molar-refractivity contribution in [1.82, 2.24) is 0 Å².